The standard InChI is InChI=1S/C9H12BrN3O/c10-9-8(6(14)5-11)12-7-3-1-2-4-13(7)9/h1-5,11H2. The number of hydrogen-bond acceptors (Lipinski definition) is 3. The van der Waals surface area contributed by atoms with Gasteiger partial charge < -0.3 is 10.3 Å². The number of halogens is 1. The maximum atomic E-state index is 11.4. The normalized spacial score (nSPS) is 15.3. The Kier molecular flexibility index (Phi) is 2.69. The molecular formula is C9H12BrN3O. The lowest BCUT2D eigenvalue weighted by Crippen LogP contribution is -2.14. The van der Waals surface area contributed by atoms with Gasteiger partial charge in [0, 0.05) is 13.0 Å². The smallest absolute Gasteiger partial charge is 0.197 e. The number of carbonyl (C=O) groups is 1. The zero-order valence-electron chi connectivity index (χ0n) is 7.79. The fourth-order valence-electron chi connectivity index (χ4n) is 1.72. The molecule has 0 aromatic carbocycles. The summed E-state index contributed by atoms with van der Waals surface area (Å²) in [5, 5.41) is 0. The molecule has 0 unspecified atom stereocenters. The van der Waals surface area contributed by atoms with Crippen LogP contribution in [-0.4, -0.2) is 21.9 Å². The first-order chi connectivity index (χ1) is 6.74. The van der Waals surface area contributed by atoms with Crippen LogP contribution in [0.4, 0.5) is 0 Å². The third-order valence-corrected chi connectivity index (χ3v) is 3.27. The third kappa shape index (κ3) is 1.50. The molecule has 1 aromatic rings. The number of nitrogens with zero attached hydrogens (tertiary/aromatic N) is 2. The maximum Gasteiger partial charge on any atom is 0.197 e. The van der Waals surface area contributed by atoms with E-state index >= 15 is 0 Å². The molecule has 76 valence electrons. The van der Waals surface area contributed by atoms with Gasteiger partial charge in [-0.3, -0.25) is 4.79 Å². The molecular weight excluding hydrogens is 246 g/mol. The van der Waals surface area contributed by atoms with Gasteiger partial charge in [0.2, 0.25) is 0 Å². The van der Waals surface area contributed by atoms with Crippen LogP contribution in [0.25, 0.3) is 0 Å². The fourth-order valence-corrected chi connectivity index (χ4v) is 2.41. The highest BCUT2D eigenvalue weighted by molar-refractivity contribution is 9.10. The first-order valence-electron chi connectivity index (χ1n) is 4.72. The molecule has 0 saturated carbocycles. The average Bonchev–Trinajstić information content (AvgIpc) is 2.56. The first kappa shape index (κ1) is 9.86. The van der Waals surface area contributed by atoms with Crippen LogP contribution in [0.1, 0.15) is 29.2 Å². The summed E-state index contributed by atoms with van der Waals surface area (Å²) in [6, 6.07) is 0. The van der Waals surface area contributed by atoms with Gasteiger partial charge >= 0.3 is 0 Å². The largest absolute Gasteiger partial charge is 0.324 e. The predicted octanol–water partition coefficient (Wildman–Crippen LogP) is 1.12. The Morgan fingerprint density at radius 2 is 2.36 bits per heavy atom. The van der Waals surface area contributed by atoms with E-state index in [0.29, 0.717) is 5.69 Å². The molecule has 5 heteroatoms. The van der Waals surface area contributed by atoms with Gasteiger partial charge in [0.05, 0.1) is 6.54 Å². The molecule has 4 nitrogen and oxygen atoms in total. The van der Waals surface area contributed by atoms with Gasteiger partial charge in [0.25, 0.3) is 0 Å². The van der Waals surface area contributed by atoms with Gasteiger partial charge in [-0.2, -0.15) is 0 Å². The van der Waals surface area contributed by atoms with Crippen molar-refractivity contribution in [3.8, 4) is 0 Å². The molecule has 2 heterocycles. The van der Waals surface area contributed by atoms with Gasteiger partial charge in [0.1, 0.15) is 16.1 Å². The quantitative estimate of drug-likeness (QED) is 0.809. The number of aromatic nitrogens is 2. The number of aryl methyl sites for hydroxylation is 1. The lowest BCUT2D eigenvalue weighted by Gasteiger charge is -2.13. The van der Waals surface area contributed by atoms with Crippen molar-refractivity contribution in [2.45, 2.75) is 25.8 Å². The lowest BCUT2D eigenvalue weighted by atomic mass is 10.2. The molecule has 0 bridgehead atoms. The molecule has 2 N–H and O–H groups in total. The van der Waals surface area contributed by atoms with Gasteiger partial charge in [-0.05, 0) is 28.8 Å². The van der Waals surface area contributed by atoms with E-state index in [-0.39, 0.29) is 12.3 Å². The molecule has 0 fully saturated rings. The molecule has 1 aliphatic heterocycles. The second kappa shape index (κ2) is 3.82. The zero-order chi connectivity index (χ0) is 10.1. The second-order valence-corrected chi connectivity index (χ2v) is 4.15. The van der Waals surface area contributed by atoms with E-state index in [2.05, 4.69) is 25.5 Å². The predicted molar refractivity (Wildman–Crippen MR) is 56.2 cm³/mol. The van der Waals surface area contributed by atoms with Crippen molar-refractivity contribution >= 4 is 21.7 Å². The number of hydrogen-bond donors (Lipinski definition) is 1. The van der Waals surface area contributed by atoms with Crippen molar-refractivity contribution in [1.29, 1.82) is 0 Å². The molecule has 0 aliphatic carbocycles. The van der Waals surface area contributed by atoms with Crippen molar-refractivity contribution in [3.05, 3.63) is 16.1 Å². The van der Waals surface area contributed by atoms with Crippen LogP contribution in [0.3, 0.4) is 0 Å². The van der Waals surface area contributed by atoms with Crippen molar-refractivity contribution in [2.75, 3.05) is 6.54 Å². The number of carbonyl (C=O) groups excluding carboxylic acids is 1. The highest BCUT2D eigenvalue weighted by Crippen LogP contribution is 2.24. The number of ketones is 1. The summed E-state index contributed by atoms with van der Waals surface area (Å²) in [5.41, 5.74) is 5.80. The Hall–Kier alpha value is -0.680. The first-order valence-corrected chi connectivity index (χ1v) is 5.51. The van der Waals surface area contributed by atoms with Gasteiger partial charge in [-0.15, -0.1) is 0 Å². The Morgan fingerprint density at radius 1 is 1.57 bits per heavy atom. The summed E-state index contributed by atoms with van der Waals surface area (Å²) < 4.78 is 2.86. The number of rotatable bonds is 2. The lowest BCUT2D eigenvalue weighted by molar-refractivity contribution is 0.0996. The van der Waals surface area contributed by atoms with Crippen molar-refractivity contribution < 1.29 is 4.79 Å². The van der Waals surface area contributed by atoms with Gasteiger partial charge in [-0.25, -0.2) is 4.98 Å². The minimum absolute atomic E-state index is 0.0229. The Balaban J connectivity index is 2.43. The highest BCUT2D eigenvalue weighted by Gasteiger charge is 2.21. The van der Waals surface area contributed by atoms with E-state index in [0.717, 1.165) is 36.2 Å². The van der Waals surface area contributed by atoms with Crippen LogP contribution in [0.15, 0.2) is 4.60 Å². The number of imidazole rings is 1. The molecule has 14 heavy (non-hydrogen) atoms. The molecule has 0 atom stereocenters. The average molecular weight is 258 g/mol. The Bertz CT molecular complexity index is 372. The van der Waals surface area contributed by atoms with Crippen LogP contribution in [0, 0.1) is 0 Å². The molecule has 0 spiro atoms. The van der Waals surface area contributed by atoms with E-state index in [9.17, 15) is 4.79 Å². The van der Waals surface area contributed by atoms with E-state index in [1.54, 1.807) is 0 Å². The molecule has 1 aromatic heterocycles. The van der Waals surface area contributed by atoms with Crippen LogP contribution < -0.4 is 5.73 Å². The fraction of sp³-hybridized carbons (Fsp3) is 0.556. The zero-order valence-corrected chi connectivity index (χ0v) is 9.38. The number of fused-ring (bicyclic) bond motifs is 1. The van der Waals surface area contributed by atoms with E-state index in [4.69, 9.17) is 5.73 Å². The molecule has 1 aliphatic rings. The van der Waals surface area contributed by atoms with Crippen molar-refractivity contribution in [3.63, 3.8) is 0 Å². The second-order valence-electron chi connectivity index (χ2n) is 3.40. The maximum absolute atomic E-state index is 11.4. The van der Waals surface area contributed by atoms with E-state index < -0.39 is 0 Å². The summed E-state index contributed by atoms with van der Waals surface area (Å²) in [4.78, 5) is 15.7. The molecule has 0 saturated heterocycles. The molecule has 0 amide bonds. The van der Waals surface area contributed by atoms with E-state index in [1.165, 1.54) is 0 Å². The summed E-state index contributed by atoms with van der Waals surface area (Å²) in [5.74, 6) is 0.902. The SMILES string of the molecule is NCC(=O)c1nc2n(c1Br)CCCC2. The van der Waals surface area contributed by atoms with Crippen molar-refractivity contribution in [2.24, 2.45) is 5.73 Å². The van der Waals surface area contributed by atoms with E-state index in [1.807, 2.05) is 0 Å². The van der Waals surface area contributed by atoms with Crippen LogP contribution in [0.2, 0.25) is 0 Å². The monoisotopic (exact) mass is 257 g/mol. The Labute approximate surface area is 90.6 Å². The minimum Gasteiger partial charge on any atom is -0.324 e. The molecule has 0 radical (unpaired) electrons. The van der Waals surface area contributed by atoms with Crippen LogP contribution >= 0.6 is 15.9 Å². The summed E-state index contributed by atoms with van der Waals surface area (Å²) in [6.07, 6.45) is 3.26. The summed E-state index contributed by atoms with van der Waals surface area (Å²) in [6.45, 7) is 0.968. The topological polar surface area (TPSA) is 60.9 Å². The van der Waals surface area contributed by atoms with Gasteiger partial charge in [-0.1, -0.05) is 0 Å². The Morgan fingerprint density at radius 3 is 3.00 bits per heavy atom. The number of Topliss-reactive ketones (excluding diaryl/α,β-unsaturated/α-hetero) is 1. The summed E-state index contributed by atoms with van der Waals surface area (Å²) >= 11 is 3.40. The van der Waals surface area contributed by atoms with Crippen LogP contribution in [-0.2, 0) is 13.0 Å². The third-order valence-electron chi connectivity index (χ3n) is 2.47. The minimum atomic E-state index is -0.0984. The highest BCUT2D eigenvalue weighted by atomic mass is 79.9. The number of nitrogens with two attached hydrogens (primary N) is 1. The van der Waals surface area contributed by atoms with Crippen LogP contribution in [0.5, 0.6) is 0 Å². The summed E-state index contributed by atoms with van der Waals surface area (Å²) in [7, 11) is 0. The van der Waals surface area contributed by atoms with Crippen molar-refractivity contribution in [1.82, 2.24) is 9.55 Å². The van der Waals surface area contributed by atoms with Gasteiger partial charge in [0.15, 0.2) is 5.78 Å². The molecule has 2 rings (SSSR count).